The third-order valence-electron chi connectivity index (χ3n) is 5.97. The molecule has 7 heteroatoms. The summed E-state index contributed by atoms with van der Waals surface area (Å²) in [5, 5.41) is 11.8. The van der Waals surface area contributed by atoms with E-state index in [1.165, 1.54) is 11.2 Å². The number of amides is 1. The molecule has 1 aromatic heterocycles. The molecule has 176 valence electrons. The molecule has 2 heterocycles. The number of aryl methyl sites for hydroxylation is 1. The molecule has 1 aliphatic heterocycles. The number of carbonyl (C=O) groups excluding carboxylic acids is 2. The third kappa shape index (κ3) is 3.99. The second-order valence-electron chi connectivity index (χ2n) is 9.28. The van der Waals surface area contributed by atoms with Crippen molar-refractivity contribution in [3.8, 4) is 5.75 Å². The third-order valence-corrected chi connectivity index (χ3v) is 6.20. The standard InChI is InChI=1S/C27H26ClNO5/c1-15-8-10-17(28)14-19(15)29-23(21-7-6-12-34-21)22(25(31)26(29)32)24(30)16-9-11-20(33-5)18(13-16)27(2,3)4/h6-14,23,30H,1-5H3/b24-22-. The van der Waals surface area contributed by atoms with Gasteiger partial charge in [0.1, 0.15) is 23.3 Å². The molecule has 2 aromatic carbocycles. The summed E-state index contributed by atoms with van der Waals surface area (Å²) in [4.78, 5) is 27.9. The number of carbonyl (C=O) groups is 2. The van der Waals surface area contributed by atoms with E-state index in [4.69, 9.17) is 20.8 Å². The summed E-state index contributed by atoms with van der Waals surface area (Å²) < 4.78 is 11.1. The Hall–Kier alpha value is -3.51. The minimum Gasteiger partial charge on any atom is -0.507 e. The van der Waals surface area contributed by atoms with Crippen LogP contribution in [0.4, 0.5) is 5.69 Å². The lowest BCUT2D eigenvalue weighted by Gasteiger charge is -2.25. The lowest BCUT2D eigenvalue weighted by atomic mass is 9.84. The molecule has 1 atom stereocenters. The average molecular weight is 480 g/mol. The van der Waals surface area contributed by atoms with Crippen molar-refractivity contribution in [2.45, 2.75) is 39.2 Å². The zero-order valence-corrected chi connectivity index (χ0v) is 20.4. The van der Waals surface area contributed by atoms with E-state index in [2.05, 4.69) is 0 Å². The highest BCUT2D eigenvalue weighted by atomic mass is 35.5. The van der Waals surface area contributed by atoms with Crippen molar-refractivity contribution >= 4 is 34.7 Å². The molecule has 6 nitrogen and oxygen atoms in total. The Morgan fingerprint density at radius 3 is 2.47 bits per heavy atom. The first-order valence-electron chi connectivity index (χ1n) is 10.8. The van der Waals surface area contributed by atoms with Gasteiger partial charge in [0.2, 0.25) is 0 Å². The average Bonchev–Trinajstić information content (AvgIpc) is 3.41. The number of rotatable bonds is 4. The van der Waals surface area contributed by atoms with Crippen molar-refractivity contribution in [1.82, 2.24) is 0 Å². The molecule has 4 rings (SSSR count). The Bertz CT molecular complexity index is 1300. The number of hydrogen-bond donors (Lipinski definition) is 1. The van der Waals surface area contributed by atoms with Crippen LogP contribution in [0.25, 0.3) is 5.76 Å². The van der Waals surface area contributed by atoms with E-state index in [9.17, 15) is 14.7 Å². The van der Waals surface area contributed by atoms with Crippen LogP contribution in [0.2, 0.25) is 5.02 Å². The second-order valence-corrected chi connectivity index (χ2v) is 9.72. The highest BCUT2D eigenvalue weighted by Gasteiger charge is 2.48. The smallest absolute Gasteiger partial charge is 0.300 e. The molecule has 1 N–H and O–H groups in total. The molecule has 0 bridgehead atoms. The van der Waals surface area contributed by atoms with Gasteiger partial charge in [-0.3, -0.25) is 14.5 Å². The van der Waals surface area contributed by atoms with E-state index in [0.29, 0.717) is 27.8 Å². The van der Waals surface area contributed by atoms with Gasteiger partial charge in [-0.2, -0.15) is 0 Å². The first kappa shape index (κ1) is 23.6. The van der Waals surface area contributed by atoms with E-state index in [1.54, 1.807) is 55.6 Å². The first-order chi connectivity index (χ1) is 16.0. The molecule has 34 heavy (non-hydrogen) atoms. The van der Waals surface area contributed by atoms with E-state index in [0.717, 1.165) is 11.1 Å². The largest absolute Gasteiger partial charge is 0.507 e. The predicted octanol–water partition coefficient (Wildman–Crippen LogP) is 6.17. The zero-order chi connectivity index (χ0) is 24.8. The maximum atomic E-state index is 13.3. The predicted molar refractivity (Wildman–Crippen MR) is 131 cm³/mol. The highest BCUT2D eigenvalue weighted by molar-refractivity contribution is 6.51. The van der Waals surface area contributed by atoms with Gasteiger partial charge in [-0.1, -0.05) is 38.4 Å². The van der Waals surface area contributed by atoms with Crippen molar-refractivity contribution < 1.29 is 23.8 Å². The SMILES string of the molecule is COc1ccc(/C(O)=C2/C(=O)C(=O)N(c3cc(Cl)ccc3C)C2c2ccco2)cc1C(C)(C)C. The van der Waals surface area contributed by atoms with Crippen molar-refractivity contribution in [2.24, 2.45) is 0 Å². The summed E-state index contributed by atoms with van der Waals surface area (Å²) in [5.41, 5.74) is 2.15. The van der Waals surface area contributed by atoms with Gasteiger partial charge < -0.3 is 14.3 Å². The van der Waals surface area contributed by atoms with Gasteiger partial charge in [0, 0.05) is 21.8 Å². The fraction of sp³-hybridized carbons (Fsp3) is 0.259. The summed E-state index contributed by atoms with van der Waals surface area (Å²) in [6, 6.07) is 12.7. The lowest BCUT2D eigenvalue weighted by Crippen LogP contribution is -2.30. The van der Waals surface area contributed by atoms with Crippen LogP contribution >= 0.6 is 11.6 Å². The molecule has 0 aliphatic carbocycles. The Morgan fingerprint density at radius 2 is 1.85 bits per heavy atom. The Morgan fingerprint density at radius 1 is 1.12 bits per heavy atom. The topological polar surface area (TPSA) is 80.0 Å². The van der Waals surface area contributed by atoms with Crippen LogP contribution in [-0.4, -0.2) is 23.9 Å². The number of methoxy groups -OCH3 is 1. The molecule has 1 aliphatic rings. The van der Waals surface area contributed by atoms with Crippen molar-refractivity contribution in [3.05, 3.63) is 87.8 Å². The molecule has 1 amide bonds. The van der Waals surface area contributed by atoms with Crippen molar-refractivity contribution in [2.75, 3.05) is 12.0 Å². The summed E-state index contributed by atoms with van der Waals surface area (Å²) in [6.07, 6.45) is 1.46. The van der Waals surface area contributed by atoms with Crippen LogP contribution in [0.1, 0.15) is 49.3 Å². The summed E-state index contributed by atoms with van der Waals surface area (Å²) in [7, 11) is 1.58. The number of nitrogens with zero attached hydrogens (tertiary/aromatic N) is 1. The normalized spacial score (nSPS) is 17.9. The summed E-state index contributed by atoms with van der Waals surface area (Å²) >= 11 is 6.22. The fourth-order valence-corrected chi connectivity index (χ4v) is 4.40. The maximum absolute atomic E-state index is 13.3. The number of aliphatic hydroxyl groups excluding tert-OH is 1. The van der Waals surface area contributed by atoms with Gasteiger partial charge in [0.05, 0.1) is 18.9 Å². The Balaban J connectivity index is 1.96. The maximum Gasteiger partial charge on any atom is 0.300 e. The number of halogens is 1. The second kappa shape index (κ2) is 8.69. The monoisotopic (exact) mass is 479 g/mol. The number of ketones is 1. The van der Waals surface area contributed by atoms with Crippen molar-refractivity contribution in [3.63, 3.8) is 0 Å². The van der Waals surface area contributed by atoms with E-state index < -0.39 is 17.7 Å². The molecule has 0 radical (unpaired) electrons. The molecule has 0 saturated carbocycles. The quantitative estimate of drug-likeness (QED) is 0.275. The van der Waals surface area contributed by atoms with Gasteiger partial charge in [0.15, 0.2) is 0 Å². The zero-order valence-electron chi connectivity index (χ0n) is 19.7. The molecule has 3 aromatic rings. The van der Waals surface area contributed by atoms with E-state index >= 15 is 0 Å². The molecule has 1 unspecified atom stereocenters. The van der Waals surface area contributed by atoms with E-state index in [-0.39, 0.29) is 16.7 Å². The van der Waals surface area contributed by atoms with Gasteiger partial charge in [0.25, 0.3) is 11.7 Å². The number of hydrogen-bond acceptors (Lipinski definition) is 5. The van der Waals surface area contributed by atoms with Gasteiger partial charge in [-0.25, -0.2) is 0 Å². The van der Waals surface area contributed by atoms with Crippen LogP contribution in [0.15, 0.2) is 64.8 Å². The Labute approximate surface area is 203 Å². The number of ether oxygens (including phenoxy) is 1. The Kier molecular flexibility index (Phi) is 6.04. The number of anilines is 1. The molecule has 1 saturated heterocycles. The van der Waals surface area contributed by atoms with Crippen LogP contribution in [0.3, 0.4) is 0 Å². The minimum atomic E-state index is -0.952. The van der Waals surface area contributed by atoms with Gasteiger partial charge >= 0.3 is 0 Å². The summed E-state index contributed by atoms with van der Waals surface area (Å²) in [5.74, 6) is -0.828. The molecular weight excluding hydrogens is 454 g/mol. The summed E-state index contributed by atoms with van der Waals surface area (Å²) in [6.45, 7) is 7.90. The minimum absolute atomic E-state index is 0.0515. The lowest BCUT2D eigenvalue weighted by molar-refractivity contribution is -0.132. The molecule has 0 spiro atoms. The first-order valence-corrected chi connectivity index (χ1v) is 11.2. The highest BCUT2D eigenvalue weighted by Crippen LogP contribution is 2.44. The number of aliphatic hydroxyl groups is 1. The van der Waals surface area contributed by atoms with Crippen LogP contribution in [0, 0.1) is 6.92 Å². The number of benzene rings is 2. The van der Waals surface area contributed by atoms with Crippen molar-refractivity contribution in [1.29, 1.82) is 0 Å². The number of Topliss-reactive ketones (excluding diaryl/α,β-unsaturated/α-hetero) is 1. The van der Waals surface area contributed by atoms with Gasteiger partial charge in [-0.15, -0.1) is 0 Å². The van der Waals surface area contributed by atoms with Gasteiger partial charge in [-0.05, 0) is 60.4 Å². The fourth-order valence-electron chi connectivity index (χ4n) is 4.24. The van der Waals surface area contributed by atoms with Crippen LogP contribution in [0.5, 0.6) is 5.75 Å². The van der Waals surface area contributed by atoms with E-state index in [1.807, 2.05) is 27.7 Å². The molecular formula is C27H26ClNO5. The van der Waals surface area contributed by atoms with Crippen LogP contribution < -0.4 is 9.64 Å². The van der Waals surface area contributed by atoms with Crippen LogP contribution in [-0.2, 0) is 15.0 Å². The number of furan rings is 1. The molecule has 1 fully saturated rings.